The van der Waals surface area contributed by atoms with Crippen molar-refractivity contribution in [1.82, 2.24) is 10.9 Å². The van der Waals surface area contributed by atoms with Crippen LogP contribution in [0.3, 0.4) is 0 Å². The van der Waals surface area contributed by atoms with Crippen molar-refractivity contribution in [3.8, 4) is 17.2 Å². The Morgan fingerprint density at radius 1 is 1.07 bits per heavy atom. The number of carbonyl (C=O) groups is 2. The van der Waals surface area contributed by atoms with Crippen molar-refractivity contribution in [3.05, 3.63) is 52.0 Å². The minimum absolute atomic E-state index is 0.277. The number of halogens is 1. The van der Waals surface area contributed by atoms with E-state index in [1.54, 1.807) is 31.2 Å². The van der Waals surface area contributed by atoms with Crippen LogP contribution in [0.5, 0.6) is 17.2 Å². The van der Waals surface area contributed by atoms with Gasteiger partial charge in [-0.2, -0.15) is 0 Å². The topological polar surface area (TPSA) is 85.9 Å². The molecule has 2 amide bonds. The molecule has 0 spiro atoms. The first-order valence-corrected chi connectivity index (χ1v) is 9.39. The molecule has 2 aromatic carbocycles. The van der Waals surface area contributed by atoms with Gasteiger partial charge in [0, 0.05) is 4.47 Å². The van der Waals surface area contributed by atoms with Gasteiger partial charge in [0.15, 0.2) is 24.2 Å². The van der Waals surface area contributed by atoms with E-state index in [0.717, 1.165) is 15.6 Å². The van der Waals surface area contributed by atoms with E-state index in [1.807, 2.05) is 26.0 Å². The molecule has 0 aliphatic rings. The summed E-state index contributed by atoms with van der Waals surface area (Å²) in [5.74, 6) is 0.595. The number of carbonyl (C=O) groups excluding carboxylic acids is 2. The van der Waals surface area contributed by atoms with Gasteiger partial charge in [-0.25, -0.2) is 0 Å². The summed E-state index contributed by atoms with van der Waals surface area (Å²) >= 11 is 3.42. The molecule has 7 nitrogen and oxygen atoms in total. The second kappa shape index (κ2) is 9.98. The van der Waals surface area contributed by atoms with Crippen molar-refractivity contribution < 1.29 is 23.8 Å². The molecule has 1 atom stereocenters. The SMILES string of the molecule is COc1ccccc1OCC(=O)NNC(=O)C(C)Oc1c(C)cc(Br)cc1C. The third-order valence-corrected chi connectivity index (χ3v) is 4.30. The van der Waals surface area contributed by atoms with Crippen LogP contribution in [0.25, 0.3) is 0 Å². The lowest BCUT2D eigenvalue weighted by Crippen LogP contribution is -2.48. The Morgan fingerprint density at radius 2 is 1.68 bits per heavy atom. The summed E-state index contributed by atoms with van der Waals surface area (Å²) in [5, 5.41) is 0. The summed E-state index contributed by atoms with van der Waals surface area (Å²) in [4.78, 5) is 24.1. The maximum Gasteiger partial charge on any atom is 0.279 e. The molecular formula is C20H23BrN2O5. The molecule has 2 aromatic rings. The quantitative estimate of drug-likeness (QED) is 0.633. The Bertz CT molecular complexity index is 833. The van der Waals surface area contributed by atoms with E-state index in [-0.39, 0.29) is 6.61 Å². The van der Waals surface area contributed by atoms with Crippen molar-refractivity contribution >= 4 is 27.7 Å². The second-order valence-corrected chi connectivity index (χ2v) is 7.02. The highest BCUT2D eigenvalue weighted by Gasteiger charge is 2.18. The van der Waals surface area contributed by atoms with Crippen molar-refractivity contribution in [2.45, 2.75) is 26.9 Å². The highest BCUT2D eigenvalue weighted by molar-refractivity contribution is 9.10. The van der Waals surface area contributed by atoms with Crippen molar-refractivity contribution in [1.29, 1.82) is 0 Å². The second-order valence-electron chi connectivity index (χ2n) is 6.11. The molecule has 0 radical (unpaired) electrons. The van der Waals surface area contributed by atoms with Gasteiger partial charge in [0.05, 0.1) is 7.11 Å². The number of para-hydroxylation sites is 2. The van der Waals surface area contributed by atoms with E-state index in [4.69, 9.17) is 14.2 Å². The average molecular weight is 451 g/mol. The molecule has 2 rings (SSSR count). The zero-order chi connectivity index (χ0) is 20.7. The van der Waals surface area contributed by atoms with Crippen LogP contribution in [0.4, 0.5) is 0 Å². The maximum atomic E-state index is 12.2. The summed E-state index contributed by atoms with van der Waals surface area (Å²) in [6.45, 7) is 5.12. The number of hydrogen-bond acceptors (Lipinski definition) is 5. The van der Waals surface area contributed by atoms with Gasteiger partial charge in [0.25, 0.3) is 11.8 Å². The monoisotopic (exact) mass is 450 g/mol. The zero-order valence-electron chi connectivity index (χ0n) is 16.2. The summed E-state index contributed by atoms with van der Waals surface area (Å²) in [7, 11) is 1.51. The van der Waals surface area contributed by atoms with Crippen LogP contribution < -0.4 is 25.1 Å². The summed E-state index contributed by atoms with van der Waals surface area (Å²) in [6.07, 6.45) is -0.797. The predicted octanol–water partition coefficient (Wildman–Crippen LogP) is 3.07. The highest BCUT2D eigenvalue weighted by Crippen LogP contribution is 2.28. The highest BCUT2D eigenvalue weighted by atomic mass is 79.9. The van der Waals surface area contributed by atoms with E-state index < -0.39 is 17.9 Å². The van der Waals surface area contributed by atoms with Gasteiger partial charge < -0.3 is 14.2 Å². The largest absolute Gasteiger partial charge is 0.493 e. The normalized spacial score (nSPS) is 11.3. The van der Waals surface area contributed by atoms with Crippen LogP contribution in [0.1, 0.15) is 18.1 Å². The number of amides is 2. The molecule has 2 N–H and O–H groups in total. The Hall–Kier alpha value is -2.74. The molecule has 0 saturated carbocycles. The predicted molar refractivity (Wildman–Crippen MR) is 108 cm³/mol. The Kier molecular flexibility index (Phi) is 7.69. The molecule has 0 fully saturated rings. The van der Waals surface area contributed by atoms with Crippen molar-refractivity contribution in [2.75, 3.05) is 13.7 Å². The maximum absolute atomic E-state index is 12.2. The molecular weight excluding hydrogens is 428 g/mol. The van der Waals surface area contributed by atoms with Gasteiger partial charge in [-0.1, -0.05) is 28.1 Å². The van der Waals surface area contributed by atoms with Gasteiger partial charge in [-0.3, -0.25) is 20.4 Å². The molecule has 0 aromatic heterocycles. The number of ether oxygens (including phenoxy) is 3. The van der Waals surface area contributed by atoms with E-state index >= 15 is 0 Å². The summed E-state index contributed by atoms with van der Waals surface area (Å²) in [6, 6.07) is 10.8. The summed E-state index contributed by atoms with van der Waals surface area (Å²) in [5.41, 5.74) is 6.44. The van der Waals surface area contributed by atoms with Crippen LogP contribution in [0.15, 0.2) is 40.9 Å². The third kappa shape index (κ3) is 5.88. The molecule has 1 unspecified atom stereocenters. The first-order chi connectivity index (χ1) is 13.3. The lowest BCUT2D eigenvalue weighted by molar-refractivity contribution is -0.133. The smallest absolute Gasteiger partial charge is 0.279 e. The van der Waals surface area contributed by atoms with E-state index in [1.165, 1.54) is 7.11 Å². The fourth-order valence-electron chi connectivity index (χ4n) is 2.46. The lowest BCUT2D eigenvalue weighted by Gasteiger charge is -2.18. The number of rotatable bonds is 7. The number of methoxy groups -OCH3 is 1. The number of hydrogen-bond donors (Lipinski definition) is 2. The lowest BCUT2D eigenvalue weighted by atomic mass is 10.1. The van der Waals surface area contributed by atoms with Crippen LogP contribution in [0, 0.1) is 13.8 Å². The van der Waals surface area contributed by atoms with Crippen LogP contribution in [-0.2, 0) is 9.59 Å². The standard InChI is InChI=1S/C20H23BrN2O5/c1-12-9-15(21)10-13(2)19(12)28-14(3)20(25)23-22-18(24)11-27-17-8-6-5-7-16(17)26-4/h5-10,14H,11H2,1-4H3,(H,22,24)(H,23,25). The van der Waals surface area contributed by atoms with Gasteiger partial charge in [0.2, 0.25) is 0 Å². The third-order valence-electron chi connectivity index (χ3n) is 3.84. The van der Waals surface area contributed by atoms with Crippen molar-refractivity contribution in [2.24, 2.45) is 0 Å². The fraction of sp³-hybridized carbons (Fsp3) is 0.300. The molecule has 8 heteroatoms. The van der Waals surface area contributed by atoms with Gasteiger partial charge in [-0.05, 0) is 56.2 Å². The first kappa shape index (κ1) is 21.6. The number of hydrazine groups is 1. The van der Waals surface area contributed by atoms with E-state index in [0.29, 0.717) is 17.2 Å². The van der Waals surface area contributed by atoms with E-state index in [2.05, 4.69) is 26.8 Å². The number of aryl methyl sites for hydroxylation is 2. The average Bonchev–Trinajstić information content (AvgIpc) is 2.67. The van der Waals surface area contributed by atoms with Gasteiger partial charge in [0.1, 0.15) is 5.75 Å². The van der Waals surface area contributed by atoms with Gasteiger partial charge in [-0.15, -0.1) is 0 Å². The molecule has 0 aliphatic heterocycles. The number of benzene rings is 2. The van der Waals surface area contributed by atoms with Crippen LogP contribution >= 0.6 is 15.9 Å². The number of nitrogens with one attached hydrogen (secondary N) is 2. The Morgan fingerprint density at radius 3 is 2.29 bits per heavy atom. The van der Waals surface area contributed by atoms with Gasteiger partial charge >= 0.3 is 0 Å². The van der Waals surface area contributed by atoms with E-state index in [9.17, 15) is 9.59 Å². The van der Waals surface area contributed by atoms with Crippen LogP contribution in [-0.4, -0.2) is 31.6 Å². The molecule has 28 heavy (non-hydrogen) atoms. The Balaban J connectivity index is 1.83. The summed E-state index contributed by atoms with van der Waals surface area (Å²) < 4.78 is 17.2. The molecule has 0 heterocycles. The molecule has 0 bridgehead atoms. The molecule has 0 aliphatic carbocycles. The van der Waals surface area contributed by atoms with Crippen LogP contribution in [0.2, 0.25) is 0 Å². The zero-order valence-corrected chi connectivity index (χ0v) is 17.8. The first-order valence-electron chi connectivity index (χ1n) is 8.59. The molecule has 0 saturated heterocycles. The minimum Gasteiger partial charge on any atom is -0.493 e. The molecule has 150 valence electrons. The minimum atomic E-state index is -0.797. The fourth-order valence-corrected chi connectivity index (χ4v) is 3.15. The van der Waals surface area contributed by atoms with Crippen molar-refractivity contribution in [3.63, 3.8) is 0 Å². The Labute approximate surface area is 172 Å².